The lowest BCUT2D eigenvalue weighted by Gasteiger charge is -2.39. The van der Waals surface area contributed by atoms with Crippen molar-refractivity contribution in [3.63, 3.8) is 0 Å². The molecule has 2 fully saturated rings. The van der Waals surface area contributed by atoms with E-state index in [-0.39, 0.29) is 0 Å². The highest BCUT2D eigenvalue weighted by molar-refractivity contribution is 5.39. The van der Waals surface area contributed by atoms with Gasteiger partial charge in [-0.15, -0.1) is 0 Å². The molecule has 5 nitrogen and oxygen atoms in total. The first-order chi connectivity index (χ1) is 11.4. The lowest BCUT2D eigenvalue weighted by atomic mass is 10.0. The second-order valence-corrected chi connectivity index (χ2v) is 6.41. The Labute approximate surface area is 136 Å². The molecule has 122 valence electrons. The third-order valence-corrected chi connectivity index (χ3v) is 5.00. The smallest absolute Gasteiger partial charge is 0.117 e. The van der Waals surface area contributed by atoms with E-state index in [1.807, 2.05) is 18.3 Å². The first-order valence-electron chi connectivity index (χ1n) is 8.42. The SMILES string of the molecule is c1cncc(NC[C@@H]2CC[C@@H]3[C@@H]2OCCN3Cc2ccco2)c1. The van der Waals surface area contributed by atoms with Gasteiger partial charge in [0.2, 0.25) is 0 Å². The summed E-state index contributed by atoms with van der Waals surface area (Å²) in [7, 11) is 0. The predicted molar refractivity (Wildman–Crippen MR) is 88.1 cm³/mol. The maximum absolute atomic E-state index is 6.12. The minimum atomic E-state index is 0.322. The zero-order chi connectivity index (χ0) is 15.5. The van der Waals surface area contributed by atoms with Crippen molar-refractivity contribution in [2.24, 2.45) is 5.92 Å². The number of furan rings is 1. The van der Waals surface area contributed by atoms with Crippen molar-refractivity contribution >= 4 is 5.69 Å². The summed E-state index contributed by atoms with van der Waals surface area (Å²) in [6, 6.07) is 8.55. The van der Waals surface area contributed by atoms with Gasteiger partial charge in [0.25, 0.3) is 0 Å². The van der Waals surface area contributed by atoms with Crippen molar-refractivity contribution in [1.82, 2.24) is 9.88 Å². The van der Waals surface area contributed by atoms with Gasteiger partial charge in [-0.1, -0.05) is 0 Å². The molecule has 2 aromatic rings. The van der Waals surface area contributed by atoms with E-state index in [9.17, 15) is 0 Å². The van der Waals surface area contributed by atoms with Gasteiger partial charge in [0.15, 0.2) is 0 Å². The Hall–Kier alpha value is -1.85. The number of hydrogen-bond donors (Lipinski definition) is 1. The van der Waals surface area contributed by atoms with Crippen molar-refractivity contribution in [2.45, 2.75) is 31.5 Å². The quantitative estimate of drug-likeness (QED) is 0.920. The molecule has 1 aliphatic carbocycles. The van der Waals surface area contributed by atoms with Crippen LogP contribution in [-0.4, -0.2) is 41.7 Å². The molecule has 3 atom stereocenters. The number of aromatic nitrogens is 1. The molecule has 0 aromatic carbocycles. The van der Waals surface area contributed by atoms with Gasteiger partial charge in [-0.2, -0.15) is 0 Å². The zero-order valence-electron chi connectivity index (χ0n) is 13.2. The van der Waals surface area contributed by atoms with Crippen LogP contribution in [0.25, 0.3) is 0 Å². The van der Waals surface area contributed by atoms with Crippen LogP contribution < -0.4 is 5.32 Å². The van der Waals surface area contributed by atoms with Crippen molar-refractivity contribution < 1.29 is 9.15 Å². The third-order valence-electron chi connectivity index (χ3n) is 5.00. The molecular weight excluding hydrogens is 290 g/mol. The van der Waals surface area contributed by atoms with Gasteiger partial charge < -0.3 is 14.5 Å². The standard InChI is InChI=1S/C18H23N3O2/c1-3-15(12-19-7-1)20-11-14-5-6-17-18(14)23-10-8-21(17)13-16-4-2-9-22-16/h1-4,7,9,12,14,17-18,20H,5-6,8,10-11,13H2/t14-,17+,18+/m0/s1. The van der Waals surface area contributed by atoms with Crippen molar-refractivity contribution in [3.05, 3.63) is 48.7 Å². The van der Waals surface area contributed by atoms with Gasteiger partial charge >= 0.3 is 0 Å². The van der Waals surface area contributed by atoms with Crippen LogP contribution >= 0.6 is 0 Å². The van der Waals surface area contributed by atoms with Crippen LogP contribution in [0.4, 0.5) is 5.69 Å². The van der Waals surface area contributed by atoms with Crippen LogP contribution in [0.15, 0.2) is 47.3 Å². The normalized spacial score (nSPS) is 27.7. The van der Waals surface area contributed by atoms with Gasteiger partial charge in [0, 0.05) is 37.4 Å². The van der Waals surface area contributed by atoms with E-state index in [1.165, 1.54) is 12.8 Å². The maximum Gasteiger partial charge on any atom is 0.117 e. The molecule has 5 heteroatoms. The minimum Gasteiger partial charge on any atom is -0.468 e. The number of anilines is 1. The number of hydrogen-bond acceptors (Lipinski definition) is 5. The summed E-state index contributed by atoms with van der Waals surface area (Å²) in [6.45, 7) is 3.64. The van der Waals surface area contributed by atoms with E-state index in [0.29, 0.717) is 18.1 Å². The summed E-state index contributed by atoms with van der Waals surface area (Å²) in [5.41, 5.74) is 1.08. The highest BCUT2D eigenvalue weighted by Crippen LogP contribution is 2.35. The first kappa shape index (κ1) is 14.7. The Morgan fingerprint density at radius 2 is 2.26 bits per heavy atom. The average molecular weight is 313 g/mol. The highest BCUT2D eigenvalue weighted by Gasteiger charge is 2.42. The molecule has 0 amide bonds. The number of nitrogens with one attached hydrogen (secondary N) is 1. The van der Waals surface area contributed by atoms with Gasteiger partial charge in [-0.3, -0.25) is 9.88 Å². The van der Waals surface area contributed by atoms with Gasteiger partial charge in [-0.05, 0) is 37.1 Å². The number of nitrogens with zero attached hydrogens (tertiary/aromatic N) is 2. The third kappa shape index (κ3) is 3.26. The number of rotatable bonds is 5. The molecular formula is C18H23N3O2. The van der Waals surface area contributed by atoms with Crippen LogP contribution in [0.3, 0.4) is 0 Å². The van der Waals surface area contributed by atoms with E-state index < -0.39 is 0 Å². The Morgan fingerprint density at radius 3 is 3.09 bits per heavy atom. The summed E-state index contributed by atoms with van der Waals surface area (Å²) in [5.74, 6) is 1.60. The first-order valence-corrected chi connectivity index (χ1v) is 8.42. The summed E-state index contributed by atoms with van der Waals surface area (Å²) in [4.78, 5) is 6.68. The number of fused-ring (bicyclic) bond motifs is 1. The Morgan fingerprint density at radius 1 is 1.26 bits per heavy atom. The van der Waals surface area contributed by atoms with Gasteiger partial charge in [0.1, 0.15) is 5.76 Å². The fourth-order valence-corrected chi connectivity index (χ4v) is 3.87. The molecule has 0 radical (unpaired) electrons. The average Bonchev–Trinajstić information content (AvgIpc) is 3.24. The van der Waals surface area contributed by atoms with Crippen LogP contribution in [0.1, 0.15) is 18.6 Å². The molecule has 3 heterocycles. The topological polar surface area (TPSA) is 50.5 Å². The molecule has 2 aliphatic rings. The van der Waals surface area contributed by atoms with Gasteiger partial charge in [-0.25, -0.2) is 0 Å². The molecule has 1 saturated carbocycles. The van der Waals surface area contributed by atoms with Crippen molar-refractivity contribution in [3.8, 4) is 0 Å². The molecule has 1 aliphatic heterocycles. The lowest BCUT2D eigenvalue weighted by molar-refractivity contribution is -0.0760. The largest absolute Gasteiger partial charge is 0.468 e. The number of pyridine rings is 1. The fraction of sp³-hybridized carbons (Fsp3) is 0.500. The van der Waals surface area contributed by atoms with E-state index in [1.54, 1.807) is 12.5 Å². The van der Waals surface area contributed by atoms with E-state index in [0.717, 1.165) is 37.7 Å². The molecule has 1 saturated heterocycles. The monoisotopic (exact) mass is 313 g/mol. The number of ether oxygens (including phenoxy) is 1. The summed E-state index contributed by atoms with van der Waals surface area (Å²) < 4.78 is 11.6. The fourth-order valence-electron chi connectivity index (χ4n) is 3.87. The van der Waals surface area contributed by atoms with Crippen LogP contribution in [0.5, 0.6) is 0 Å². The van der Waals surface area contributed by atoms with Crippen LogP contribution in [0, 0.1) is 5.92 Å². The molecule has 4 rings (SSSR count). The minimum absolute atomic E-state index is 0.322. The Bertz CT molecular complexity index is 602. The summed E-state index contributed by atoms with van der Waals surface area (Å²) in [6.07, 6.45) is 8.15. The highest BCUT2D eigenvalue weighted by atomic mass is 16.5. The van der Waals surface area contributed by atoms with E-state index in [2.05, 4.69) is 27.3 Å². The van der Waals surface area contributed by atoms with E-state index >= 15 is 0 Å². The molecule has 2 aromatic heterocycles. The molecule has 1 N–H and O–H groups in total. The summed E-state index contributed by atoms with van der Waals surface area (Å²) >= 11 is 0. The summed E-state index contributed by atoms with van der Waals surface area (Å²) in [5, 5.41) is 3.50. The maximum atomic E-state index is 6.12. The van der Waals surface area contributed by atoms with Gasteiger partial charge in [0.05, 0.1) is 31.2 Å². The predicted octanol–water partition coefficient (Wildman–Crippen LogP) is 2.77. The molecule has 0 unspecified atom stereocenters. The Balaban J connectivity index is 1.37. The Kier molecular flexibility index (Phi) is 4.30. The van der Waals surface area contributed by atoms with E-state index in [4.69, 9.17) is 9.15 Å². The molecule has 0 bridgehead atoms. The zero-order valence-corrected chi connectivity index (χ0v) is 13.2. The van der Waals surface area contributed by atoms with Crippen LogP contribution in [0.2, 0.25) is 0 Å². The second kappa shape index (κ2) is 6.72. The molecule has 0 spiro atoms. The van der Waals surface area contributed by atoms with Crippen molar-refractivity contribution in [2.75, 3.05) is 25.0 Å². The second-order valence-electron chi connectivity index (χ2n) is 6.41. The van der Waals surface area contributed by atoms with Crippen LogP contribution in [-0.2, 0) is 11.3 Å². The van der Waals surface area contributed by atoms with Crippen molar-refractivity contribution in [1.29, 1.82) is 0 Å². The lowest BCUT2D eigenvalue weighted by Crippen LogP contribution is -2.50. The molecule has 23 heavy (non-hydrogen) atoms. The number of morpholine rings is 1.